The zero-order valence-corrected chi connectivity index (χ0v) is 15.3. The van der Waals surface area contributed by atoms with E-state index in [-0.39, 0.29) is 18.4 Å². The molecule has 1 unspecified atom stereocenters. The first-order valence-electron chi connectivity index (χ1n) is 9.83. The number of carbonyl (C=O) groups excluding carboxylic acids is 2. The van der Waals surface area contributed by atoms with Crippen molar-refractivity contribution in [3.63, 3.8) is 0 Å². The van der Waals surface area contributed by atoms with Crippen LogP contribution in [-0.4, -0.2) is 11.9 Å². The van der Waals surface area contributed by atoms with Crippen molar-refractivity contribution in [2.75, 3.05) is 0 Å². The molecule has 1 heterocycles. The van der Waals surface area contributed by atoms with Crippen LogP contribution < -0.4 is 0 Å². The van der Waals surface area contributed by atoms with Crippen molar-refractivity contribution in [1.29, 1.82) is 0 Å². The molecule has 1 rings (SSSR count). The van der Waals surface area contributed by atoms with E-state index in [9.17, 15) is 9.59 Å². The molecule has 1 aliphatic rings. The SMILES string of the molecule is CCCCCCCCCCCCCCCC1(C)CC(=O)OC1=O. The molecule has 0 N–H and O–H groups in total. The average molecular weight is 325 g/mol. The van der Waals surface area contributed by atoms with Gasteiger partial charge in [0.15, 0.2) is 0 Å². The smallest absolute Gasteiger partial charge is 0.320 e. The van der Waals surface area contributed by atoms with E-state index in [2.05, 4.69) is 11.7 Å². The van der Waals surface area contributed by atoms with E-state index in [1.165, 1.54) is 70.6 Å². The van der Waals surface area contributed by atoms with Gasteiger partial charge in [0.05, 0.1) is 11.8 Å². The highest BCUT2D eigenvalue weighted by Gasteiger charge is 2.44. The van der Waals surface area contributed by atoms with Crippen molar-refractivity contribution in [3.05, 3.63) is 0 Å². The monoisotopic (exact) mass is 324 g/mol. The number of unbranched alkanes of at least 4 members (excludes halogenated alkanes) is 12. The molecule has 1 saturated heterocycles. The molecule has 134 valence electrons. The third-order valence-corrected chi connectivity index (χ3v) is 5.07. The predicted molar refractivity (Wildman–Crippen MR) is 94.1 cm³/mol. The summed E-state index contributed by atoms with van der Waals surface area (Å²) in [6.45, 7) is 4.12. The molecule has 23 heavy (non-hydrogen) atoms. The molecule has 0 aromatic rings. The lowest BCUT2D eigenvalue weighted by atomic mass is 9.83. The summed E-state index contributed by atoms with van der Waals surface area (Å²) in [6.07, 6.45) is 18.2. The zero-order chi connectivity index (χ0) is 17.0. The highest BCUT2D eigenvalue weighted by molar-refractivity contribution is 5.97. The standard InChI is InChI=1S/C20H36O3/c1-3-4-5-6-7-8-9-10-11-12-13-14-15-16-20(2)17-18(21)23-19(20)22/h3-17H2,1-2H3. The summed E-state index contributed by atoms with van der Waals surface area (Å²) < 4.78 is 4.66. The molecule has 3 nitrogen and oxygen atoms in total. The van der Waals surface area contributed by atoms with Gasteiger partial charge in [0.25, 0.3) is 0 Å². The second-order valence-corrected chi connectivity index (χ2v) is 7.49. The minimum absolute atomic E-state index is 0.268. The highest BCUT2D eigenvalue weighted by atomic mass is 16.6. The van der Waals surface area contributed by atoms with E-state index < -0.39 is 5.41 Å². The number of rotatable bonds is 14. The van der Waals surface area contributed by atoms with Crippen LogP contribution in [0.5, 0.6) is 0 Å². The van der Waals surface area contributed by atoms with Gasteiger partial charge in [0.2, 0.25) is 0 Å². The van der Waals surface area contributed by atoms with Crippen molar-refractivity contribution >= 4 is 11.9 Å². The number of esters is 2. The lowest BCUT2D eigenvalue weighted by Crippen LogP contribution is -2.22. The largest absolute Gasteiger partial charge is 0.393 e. The molecule has 0 aromatic carbocycles. The third kappa shape index (κ3) is 8.53. The number of hydrogen-bond donors (Lipinski definition) is 0. The van der Waals surface area contributed by atoms with Gasteiger partial charge in [-0.3, -0.25) is 9.59 Å². The zero-order valence-electron chi connectivity index (χ0n) is 15.3. The summed E-state index contributed by atoms with van der Waals surface area (Å²) in [5.41, 5.74) is -0.547. The van der Waals surface area contributed by atoms with Crippen LogP contribution in [0.15, 0.2) is 0 Å². The first-order valence-corrected chi connectivity index (χ1v) is 9.83. The Kier molecular flexibility index (Phi) is 10.2. The maximum absolute atomic E-state index is 11.6. The van der Waals surface area contributed by atoms with Crippen LogP contribution in [-0.2, 0) is 14.3 Å². The van der Waals surface area contributed by atoms with E-state index in [0.717, 1.165) is 19.3 Å². The van der Waals surface area contributed by atoms with Crippen molar-refractivity contribution in [1.82, 2.24) is 0 Å². The Labute approximate surface area is 142 Å². The lowest BCUT2D eigenvalue weighted by molar-refractivity contribution is -0.155. The molecule has 0 radical (unpaired) electrons. The number of hydrogen-bond acceptors (Lipinski definition) is 3. The average Bonchev–Trinajstić information content (AvgIpc) is 2.77. The Balaban J connectivity index is 1.85. The minimum atomic E-state index is -0.547. The summed E-state index contributed by atoms with van der Waals surface area (Å²) in [5.74, 6) is -0.673. The topological polar surface area (TPSA) is 43.4 Å². The van der Waals surface area contributed by atoms with Crippen LogP contribution in [0.1, 0.15) is 110 Å². The van der Waals surface area contributed by atoms with Gasteiger partial charge < -0.3 is 4.74 Å². The van der Waals surface area contributed by atoms with E-state index >= 15 is 0 Å². The summed E-state index contributed by atoms with van der Waals surface area (Å²) >= 11 is 0. The quantitative estimate of drug-likeness (QED) is 0.225. The van der Waals surface area contributed by atoms with E-state index in [1.807, 2.05) is 6.92 Å². The maximum Gasteiger partial charge on any atom is 0.320 e. The second kappa shape index (κ2) is 11.6. The lowest BCUT2D eigenvalue weighted by Gasteiger charge is -2.16. The number of ether oxygens (including phenoxy) is 1. The molecule has 0 aromatic heterocycles. The van der Waals surface area contributed by atoms with Crippen LogP contribution in [0.4, 0.5) is 0 Å². The highest BCUT2D eigenvalue weighted by Crippen LogP contribution is 2.35. The van der Waals surface area contributed by atoms with Gasteiger partial charge in [-0.2, -0.15) is 0 Å². The predicted octanol–water partition coefficient (Wildman–Crippen LogP) is 5.95. The molecule has 0 saturated carbocycles. The van der Waals surface area contributed by atoms with E-state index in [1.54, 1.807) is 0 Å². The van der Waals surface area contributed by atoms with Crippen molar-refractivity contribution in [2.45, 2.75) is 110 Å². The molecule has 3 heteroatoms. The second-order valence-electron chi connectivity index (χ2n) is 7.49. The normalized spacial score (nSPS) is 21.0. The first kappa shape index (κ1) is 20.2. The van der Waals surface area contributed by atoms with Crippen LogP contribution in [0.2, 0.25) is 0 Å². The van der Waals surface area contributed by atoms with Gasteiger partial charge in [-0.15, -0.1) is 0 Å². The van der Waals surface area contributed by atoms with Crippen molar-refractivity contribution in [3.8, 4) is 0 Å². The summed E-state index contributed by atoms with van der Waals surface area (Å²) in [7, 11) is 0. The fourth-order valence-electron chi connectivity index (χ4n) is 3.38. The van der Waals surface area contributed by atoms with Gasteiger partial charge in [0, 0.05) is 0 Å². The number of carbonyl (C=O) groups is 2. The number of cyclic esters (lactones) is 2. The van der Waals surface area contributed by atoms with Crippen molar-refractivity contribution < 1.29 is 14.3 Å². The van der Waals surface area contributed by atoms with Crippen LogP contribution in [0.25, 0.3) is 0 Å². The Bertz CT molecular complexity index is 351. The summed E-state index contributed by atoms with van der Waals surface area (Å²) in [4.78, 5) is 22.8. The van der Waals surface area contributed by atoms with Gasteiger partial charge in [-0.05, 0) is 13.3 Å². The van der Waals surface area contributed by atoms with E-state index in [0.29, 0.717) is 0 Å². The first-order chi connectivity index (χ1) is 11.1. The molecular formula is C20H36O3. The fraction of sp³-hybridized carbons (Fsp3) is 0.900. The van der Waals surface area contributed by atoms with Gasteiger partial charge >= 0.3 is 11.9 Å². The summed E-state index contributed by atoms with van der Waals surface area (Å²) in [6, 6.07) is 0. The summed E-state index contributed by atoms with van der Waals surface area (Å²) in [5, 5.41) is 0. The van der Waals surface area contributed by atoms with Crippen molar-refractivity contribution in [2.24, 2.45) is 5.41 Å². The Morgan fingerprint density at radius 1 is 0.783 bits per heavy atom. The maximum atomic E-state index is 11.6. The van der Waals surface area contributed by atoms with Crippen LogP contribution in [0, 0.1) is 5.41 Å². The van der Waals surface area contributed by atoms with Crippen LogP contribution >= 0.6 is 0 Å². The van der Waals surface area contributed by atoms with Gasteiger partial charge in [-0.1, -0.05) is 90.4 Å². The molecule has 1 aliphatic heterocycles. The fourth-order valence-corrected chi connectivity index (χ4v) is 3.38. The van der Waals surface area contributed by atoms with Gasteiger partial charge in [0.1, 0.15) is 0 Å². The van der Waals surface area contributed by atoms with Crippen LogP contribution in [0.3, 0.4) is 0 Å². The molecule has 0 spiro atoms. The molecular weight excluding hydrogens is 288 g/mol. The van der Waals surface area contributed by atoms with Gasteiger partial charge in [-0.25, -0.2) is 0 Å². The molecule has 1 atom stereocenters. The molecule has 0 aliphatic carbocycles. The Morgan fingerprint density at radius 3 is 1.61 bits per heavy atom. The minimum Gasteiger partial charge on any atom is -0.393 e. The third-order valence-electron chi connectivity index (χ3n) is 5.07. The molecule has 1 fully saturated rings. The Morgan fingerprint density at radius 2 is 1.22 bits per heavy atom. The Hall–Kier alpha value is -0.860. The van der Waals surface area contributed by atoms with E-state index in [4.69, 9.17) is 0 Å². The molecule has 0 bridgehead atoms. The molecule has 0 amide bonds.